The molecule has 0 aliphatic carbocycles. The average molecular weight is 242 g/mol. The molecule has 0 saturated carbocycles. The number of nitrogens with zero attached hydrogens (tertiary/aromatic N) is 1. The summed E-state index contributed by atoms with van der Waals surface area (Å²) in [4.78, 5) is 36.1. The molecule has 1 saturated heterocycles. The third-order valence-electron chi connectivity index (χ3n) is 2.84. The third-order valence-corrected chi connectivity index (χ3v) is 2.84. The van der Waals surface area contributed by atoms with Crippen LogP contribution >= 0.6 is 0 Å². The van der Waals surface area contributed by atoms with Crippen molar-refractivity contribution in [1.29, 1.82) is 0 Å². The quantitative estimate of drug-likeness (QED) is 0.679. The van der Waals surface area contributed by atoms with Crippen molar-refractivity contribution in [2.24, 2.45) is 5.92 Å². The first-order chi connectivity index (χ1) is 7.77. The molecule has 2 amide bonds. The lowest BCUT2D eigenvalue weighted by Gasteiger charge is -2.24. The van der Waals surface area contributed by atoms with Gasteiger partial charge in [-0.05, 0) is 13.8 Å². The Morgan fingerprint density at radius 1 is 1.47 bits per heavy atom. The molecule has 1 heterocycles. The standard InChI is InChI=1S/C11H18N2O4/c1-11(2,10(16)17-4)12-9(15)7-5-8(14)13(3)6-7/h7H,5-6H2,1-4H3,(H,12,15)/t7-/m1/s1. The monoisotopic (exact) mass is 242 g/mol. The Kier molecular flexibility index (Phi) is 3.75. The van der Waals surface area contributed by atoms with Crippen molar-refractivity contribution in [2.45, 2.75) is 25.8 Å². The molecule has 0 bridgehead atoms. The van der Waals surface area contributed by atoms with Gasteiger partial charge >= 0.3 is 5.97 Å². The molecule has 0 aromatic carbocycles. The lowest BCUT2D eigenvalue weighted by Crippen LogP contribution is -2.52. The van der Waals surface area contributed by atoms with Crippen LogP contribution in [0, 0.1) is 5.92 Å². The molecule has 1 N–H and O–H groups in total. The van der Waals surface area contributed by atoms with Gasteiger partial charge in [0.15, 0.2) is 0 Å². The molecule has 1 aliphatic heterocycles. The van der Waals surface area contributed by atoms with Gasteiger partial charge < -0.3 is 15.0 Å². The van der Waals surface area contributed by atoms with E-state index in [1.54, 1.807) is 20.9 Å². The van der Waals surface area contributed by atoms with Gasteiger partial charge in [-0.15, -0.1) is 0 Å². The number of ether oxygens (including phenoxy) is 1. The van der Waals surface area contributed by atoms with Crippen LogP contribution in [0.3, 0.4) is 0 Å². The summed E-state index contributed by atoms with van der Waals surface area (Å²) in [5.74, 6) is -1.25. The Morgan fingerprint density at radius 2 is 2.06 bits per heavy atom. The summed E-state index contributed by atoms with van der Waals surface area (Å²) in [5.41, 5.74) is -1.07. The summed E-state index contributed by atoms with van der Waals surface area (Å²) in [6.45, 7) is 3.52. The van der Waals surface area contributed by atoms with E-state index in [-0.39, 0.29) is 18.2 Å². The normalized spacial score (nSPS) is 20.4. The van der Waals surface area contributed by atoms with Crippen LogP contribution in [0.5, 0.6) is 0 Å². The van der Waals surface area contributed by atoms with Gasteiger partial charge in [-0.25, -0.2) is 4.79 Å². The Morgan fingerprint density at radius 3 is 2.47 bits per heavy atom. The predicted octanol–water partition coefficient (Wildman–Crippen LogP) is -0.467. The number of nitrogens with one attached hydrogen (secondary N) is 1. The number of likely N-dealkylation sites (tertiary alicyclic amines) is 1. The van der Waals surface area contributed by atoms with Gasteiger partial charge in [-0.2, -0.15) is 0 Å². The molecule has 1 rings (SSSR count). The molecule has 0 unspecified atom stereocenters. The van der Waals surface area contributed by atoms with E-state index in [0.29, 0.717) is 6.54 Å². The second-order valence-corrected chi connectivity index (χ2v) is 4.78. The van der Waals surface area contributed by atoms with Crippen molar-refractivity contribution >= 4 is 17.8 Å². The van der Waals surface area contributed by atoms with Crippen LogP contribution in [0.4, 0.5) is 0 Å². The van der Waals surface area contributed by atoms with Crippen molar-refractivity contribution in [3.8, 4) is 0 Å². The highest BCUT2D eigenvalue weighted by Crippen LogP contribution is 2.17. The maximum Gasteiger partial charge on any atom is 0.330 e. The number of amides is 2. The zero-order valence-electron chi connectivity index (χ0n) is 10.6. The molecule has 0 aromatic heterocycles. The van der Waals surface area contributed by atoms with E-state index in [9.17, 15) is 14.4 Å². The van der Waals surface area contributed by atoms with Gasteiger partial charge in [0.1, 0.15) is 5.54 Å². The number of hydrogen-bond acceptors (Lipinski definition) is 4. The van der Waals surface area contributed by atoms with Gasteiger partial charge in [0.05, 0.1) is 13.0 Å². The summed E-state index contributed by atoms with van der Waals surface area (Å²) in [6, 6.07) is 0. The van der Waals surface area contributed by atoms with Crippen molar-refractivity contribution in [3.63, 3.8) is 0 Å². The van der Waals surface area contributed by atoms with E-state index in [0.717, 1.165) is 0 Å². The lowest BCUT2D eigenvalue weighted by atomic mass is 10.0. The van der Waals surface area contributed by atoms with Crippen molar-refractivity contribution in [3.05, 3.63) is 0 Å². The fourth-order valence-electron chi connectivity index (χ4n) is 1.76. The summed E-state index contributed by atoms with van der Waals surface area (Å²) < 4.78 is 4.59. The number of methoxy groups -OCH3 is 1. The van der Waals surface area contributed by atoms with Crippen LogP contribution in [0.2, 0.25) is 0 Å². The van der Waals surface area contributed by atoms with E-state index in [1.807, 2.05) is 0 Å². The Hall–Kier alpha value is -1.59. The minimum atomic E-state index is -1.07. The summed E-state index contributed by atoms with van der Waals surface area (Å²) in [5, 5.41) is 2.60. The van der Waals surface area contributed by atoms with E-state index >= 15 is 0 Å². The molecule has 1 fully saturated rings. The molecule has 1 aliphatic rings. The average Bonchev–Trinajstić information content (AvgIpc) is 2.57. The molecule has 6 heteroatoms. The number of rotatable bonds is 3. The van der Waals surface area contributed by atoms with Crippen LogP contribution in [-0.4, -0.2) is 48.9 Å². The van der Waals surface area contributed by atoms with E-state index in [4.69, 9.17) is 0 Å². The number of esters is 1. The first-order valence-corrected chi connectivity index (χ1v) is 5.42. The minimum absolute atomic E-state index is 0.0546. The fraction of sp³-hybridized carbons (Fsp3) is 0.727. The van der Waals surface area contributed by atoms with Gasteiger partial charge in [-0.3, -0.25) is 9.59 Å². The second kappa shape index (κ2) is 4.73. The van der Waals surface area contributed by atoms with Crippen LogP contribution in [-0.2, 0) is 19.1 Å². The predicted molar refractivity (Wildman–Crippen MR) is 60.0 cm³/mol. The molecule has 1 atom stereocenters. The first kappa shape index (κ1) is 13.5. The fourth-order valence-corrected chi connectivity index (χ4v) is 1.76. The number of hydrogen-bond donors (Lipinski definition) is 1. The Balaban J connectivity index is 2.61. The zero-order chi connectivity index (χ0) is 13.2. The summed E-state index contributed by atoms with van der Waals surface area (Å²) in [7, 11) is 2.92. The maximum atomic E-state index is 11.9. The topological polar surface area (TPSA) is 75.7 Å². The first-order valence-electron chi connectivity index (χ1n) is 5.42. The lowest BCUT2D eigenvalue weighted by molar-refractivity contribution is -0.149. The molecule has 0 aromatic rings. The van der Waals surface area contributed by atoms with Gasteiger partial charge in [-0.1, -0.05) is 0 Å². The van der Waals surface area contributed by atoms with Crippen LogP contribution in [0.25, 0.3) is 0 Å². The highest BCUT2D eigenvalue weighted by molar-refractivity contribution is 5.92. The molecule has 17 heavy (non-hydrogen) atoms. The van der Waals surface area contributed by atoms with E-state index in [2.05, 4.69) is 10.1 Å². The van der Waals surface area contributed by atoms with Gasteiger partial charge in [0.2, 0.25) is 11.8 Å². The van der Waals surface area contributed by atoms with Gasteiger partial charge in [0, 0.05) is 20.0 Å². The maximum absolute atomic E-state index is 11.9. The minimum Gasteiger partial charge on any atom is -0.467 e. The van der Waals surface area contributed by atoms with Crippen LogP contribution in [0.15, 0.2) is 0 Å². The van der Waals surface area contributed by atoms with Gasteiger partial charge in [0.25, 0.3) is 0 Å². The Bertz CT molecular complexity index is 351. The van der Waals surface area contributed by atoms with E-state index in [1.165, 1.54) is 12.0 Å². The summed E-state index contributed by atoms with van der Waals surface area (Å²) in [6.07, 6.45) is 0.194. The van der Waals surface area contributed by atoms with E-state index < -0.39 is 17.4 Å². The Labute approximate surface area is 100 Å². The molecule has 6 nitrogen and oxygen atoms in total. The van der Waals surface area contributed by atoms with Crippen molar-refractivity contribution in [1.82, 2.24) is 10.2 Å². The number of carbonyl (C=O) groups excluding carboxylic acids is 3. The molecule has 0 radical (unpaired) electrons. The van der Waals surface area contributed by atoms with Crippen LogP contribution < -0.4 is 5.32 Å². The van der Waals surface area contributed by atoms with Crippen molar-refractivity contribution in [2.75, 3.05) is 20.7 Å². The molecule has 96 valence electrons. The highest BCUT2D eigenvalue weighted by atomic mass is 16.5. The van der Waals surface area contributed by atoms with Crippen LogP contribution in [0.1, 0.15) is 20.3 Å². The summed E-state index contributed by atoms with van der Waals surface area (Å²) >= 11 is 0. The SMILES string of the molecule is COC(=O)C(C)(C)NC(=O)[C@@H]1CC(=O)N(C)C1. The molecular formula is C11H18N2O4. The largest absolute Gasteiger partial charge is 0.467 e. The smallest absolute Gasteiger partial charge is 0.330 e. The van der Waals surface area contributed by atoms with Crippen molar-refractivity contribution < 1.29 is 19.1 Å². The number of carbonyl (C=O) groups is 3. The zero-order valence-corrected chi connectivity index (χ0v) is 10.6. The molecule has 0 spiro atoms. The molecular weight excluding hydrogens is 224 g/mol. The highest BCUT2D eigenvalue weighted by Gasteiger charge is 2.37. The second-order valence-electron chi connectivity index (χ2n) is 4.78. The third kappa shape index (κ3) is 2.95.